The Kier molecular flexibility index (Phi) is 2.65. The summed E-state index contributed by atoms with van der Waals surface area (Å²) in [5.41, 5.74) is -0.193. The van der Waals surface area contributed by atoms with Gasteiger partial charge in [0.2, 0.25) is 4.96 Å². The van der Waals surface area contributed by atoms with Gasteiger partial charge in [-0.3, -0.25) is 9.59 Å². The fraction of sp³-hybridized carbons (Fsp3) is 0. The van der Waals surface area contributed by atoms with Gasteiger partial charge < -0.3 is 0 Å². The van der Waals surface area contributed by atoms with E-state index in [9.17, 15) is 9.59 Å². The van der Waals surface area contributed by atoms with E-state index < -0.39 is 0 Å². The number of nitrogens with zero attached hydrogens (tertiary/aromatic N) is 3. The van der Waals surface area contributed by atoms with Crippen LogP contribution in [0.4, 0.5) is 0 Å². The van der Waals surface area contributed by atoms with Crippen LogP contribution in [0.5, 0.6) is 0 Å². The van der Waals surface area contributed by atoms with Gasteiger partial charge in [-0.2, -0.15) is 4.52 Å². The van der Waals surface area contributed by atoms with Gasteiger partial charge in [-0.05, 0) is 34.9 Å². The number of hydrogen-bond donors (Lipinski definition) is 1. The van der Waals surface area contributed by atoms with E-state index >= 15 is 0 Å². The molecule has 3 aromatic rings. The topological polar surface area (TPSA) is 80.1 Å². The maximum Gasteiger partial charge on any atom is 0.323 e. The number of rotatable bonds is 2. The standard InChI is InChI=1S/C10H6N4O2S2/c15-8-7(4-3-6-2-1-5-17-6)11-12-9-14(8)13-10(16)18-9/h1-5H,(H,13,16)/b4-3+. The summed E-state index contributed by atoms with van der Waals surface area (Å²) in [6, 6.07) is 3.85. The molecular formula is C10H6N4O2S2. The SMILES string of the molecule is O=c1[nH]n2c(=O)c(/C=C/c3cccs3)nnc2s1. The van der Waals surface area contributed by atoms with Crippen molar-refractivity contribution in [3.05, 3.63) is 48.1 Å². The Morgan fingerprint density at radius 2 is 2.17 bits per heavy atom. The molecule has 0 radical (unpaired) electrons. The predicted octanol–water partition coefficient (Wildman–Crippen LogP) is 1.07. The lowest BCUT2D eigenvalue weighted by Crippen LogP contribution is -2.20. The van der Waals surface area contributed by atoms with Crippen molar-refractivity contribution in [2.24, 2.45) is 0 Å². The fourth-order valence-corrected chi connectivity index (χ4v) is 2.62. The lowest BCUT2D eigenvalue weighted by atomic mass is 10.3. The molecule has 8 heteroatoms. The first-order valence-electron chi connectivity index (χ1n) is 4.94. The number of hydrogen-bond acceptors (Lipinski definition) is 6. The molecule has 0 aliphatic carbocycles. The highest BCUT2D eigenvalue weighted by atomic mass is 32.1. The number of aromatic nitrogens is 4. The number of aromatic amines is 1. The zero-order valence-corrected chi connectivity index (χ0v) is 10.5. The van der Waals surface area contributed by atoms with Crippen molar-refractivity contribution in [1.29, 1.82) is 0 Å². The molecule has 0 unspecified atom stereocenters. The summed E-state index contributed by atoms with van der Waals surface area (Å²) in [6.45, 7) is 0. The van der Waals surface area contributed by atoms with Crippen molar-refractivity contribution in [2.45, 2.75) is 0 Å². The van der Waals surface area contributed by atoms with Crippen LogP contribution in [0, 0.1) is 0 Å². The zero-order valence-electron chi connectivity index (χ0n) is 8.86. The largest absolute Gasteiger partial charge is 0.323 e. The maximum absolute atomic E-state index is 12.0. The number of thiophene rings is 1. The van der Waals surface area contributed by atoms with Crippen LogP contribution in [0.15, 0.2) is 27.1 Å². The van der Waals surface area contributed by atoms with Crippen LogP contribution in [0.2, 0.25) is 0 Å². The first-order valence-corrected chi connectivity index (χ1v) is 6.64. The van der Waals surface area contributed by atoms with Crippen LogP contribution >= 0.6 is 22.7 Å². The van der Waals surface area contributed by atoms with E-state index in [1.165, 1.54) is 0 Å². The van der Waals surface area contributed by atoms with Crippen molar-refractivity contribution in [2.75, 3.05) is 0 Å². The molecule has 0 amide bonds. The number of fused-ring (bicyclic) bond motifs is 1. The van der Waals surface area contributed by atoms with Gasteiger partial charge in [-0.15, -0.1) is 21.5 Å². The highest BCUT2D eigenvalue weighted by molar-refractivity contribution is 7.14. The Hall–Kier alpha value is -2.06. The van der Waals surface area contributed by atoms with E-state index in [-0.39, 0.29) is 21.1 Å². The quantitative estimate of drug-likeness (QED) is 0.760. The second-order valence-electron chi connectivity index (χ2n) is 3.36. The molecule has 0 aliphatic heterocycles. The fourth-order valence-electron chi connectivity index (χ4n) is 1.40. The van der Waals surface area contributed by atoms with Crippen molar-refractivity contribution in [3.63, 3.8) is 0 Å². The van der Waals surface area contributed by atoms with Crippen LogP contribution in [-0.2, 0) is 0 Å². The minimum atomic E-state index is -0.383. The van der Waals surface area contributed by atoms with Gasteiger partial charge in [-0.25, -0.2) is 5.10 Å². The predicted molar refractivity (Wildman–Crippen MR) is 71.0 cm³/mol. The molecular weight excluding hydrogens is 272 g/mol. The van der Waals surface area contributed by atoms with Crippen LogP contribution in [-0.4, -0.2) is 19.8 Å². The molecule has 3 rings (SSSR count). The normalized spacial score (nSPS) is 11.6. The highest BCUT2D eigenvalue weighted by Crippen LogP contribution is 2.11. The van der Waals surface area contributed by atoms with Crippen molar-refractivity contribution < 1.29 is 0 Å². The molecule has 18 heavy (non-hydrogen) atoms. The van der Waals surface area contributed by atoms with Crippen LogP contribution in [0.25, 0.3) is 17.1 Å². The Morgan fingerprint density at radius 3 is 2.94 bits per heavy atom. The molecule has 0 aliphatic rings. The summed E-state index contributed by atoms with van der Waals surface area (Å²) in [7, 11) is 0. The van der Waals surface area contributed by atoms with Gasteiger partial charge >= 0.3 is 4.87 Å². The average molecular weight is 278 g/mol. The molecule has 3 aromatic heterocycles. The van der Waals surface area contributed by atoms with Gasteiger partial charge in [0.25, 0.3) is 5.56 Å². The summed E-state index contributed by atoms with van der Waals surface area (Å²) in [6.07, 6.45) is 3.37. The van der Waals surface area contributed by atoms with Gasteiger partial charge in [0.15, 0.2) is 5.69 Å². The Balaban J connectivity index is 2.10. The molecule has 0 saturated heterocycles. The Bertz CT molecular complexity index is 826. The maximum atomic E-state index is 12.0. The highest BCUT2D eigenvalue weighted by Gasteiger charge is 2.06. The third-order valence-corrected chi connectivity index (χ3v) is 3.75. The minimum Gasteiger partial charge on any atom is -0.265 e. The summed E-state index contributed by atoms with van der Waals surface area (Å²) in [5, 5.41) is 12.0. The first kappa shape index (κ1) is 11.1. The van der Waals surface area contributed by atoms with Crippen molar-refractivity contribution in [1.82, 2.24) is 19.8 Å². The van der Waals surface area contributed by atoms with Gasteiger partial charge in [0.1, 0.15) is 0 Å². The van der Waals surface area contributed by atoms with Crippen molar-refractivity contribution >= 4 is 39.8 Å². The third kappa shape index (κ3) is 1.91. The summed E-state index contributed by atoms with van der Waals surface area (Å²) >= 11 is 2.40. The molecule has 0 spiro atoms. The van der Waals surface area contributed by atoms with E-state index in [0.29, 0.717) is 0 Å². The molecule has 3 heterocycles. The molecule has 90 valence electrons. The second-order valence-corrected chi connectivity index (χ2v) is 5.28. The monoisotopic (exact) mass is 278 g/mol. The summed E-state index contributed by atoms with van der Waals surface area (Å²) < 4.78 is 1.11. The molecule has 1 N–H and O–H groups in total. The molecule has 0 fully saturated rings. The van der Waals surface area contributed by atoms with Crippen LogP contribution in [0.1, 0.15) is 10.6 Å². The van der Waals surface area contributed by atoms with Crippen LogP contribution < -0.4 is 10.4 Å². The van der Waals surface area contributed by atoms with E-state index in [0.717, 1.165) is 20.7 Å². The van der Waals surface area contributed by atoms with E-state index in [1.807, 2.05) is 17.5 Å². The van der Waals surface area contributed by atoms with Crippen LogP contribution in [0.3, 0.4) is 0 Å². The lowest BCUT2D eigenvalue weighted by molar-refractivity contribution is 0.835. The summed E-state index contributed by atoms with van der Waals surface area (Å²) in [4.78, 5) is 24.0. The van der Waals surface area contributed by atoms with Gasteiger partial charge in [-0.1, -0.05) is 6.07 Å². The molecule has 0 atom stereocenters. The third-order valence-electron chi connectivity index (χ3n) is 2.19. The molecule has 6 nitrogen and oxygen atoms in total. The lowest BCUT2D eigenvalue weighted by Gasteiger charge is -1.92. The van der Waals surface area contributed by atoms with E-state index in [2.05, 4.69) is 15.3 Å². The van der Waals surface area contributed by atoms with Gasteiger partial charge in [0.05, 0.1) is 0 Å². The Morgan fingerprint density at radius 1 is 1.28 bits per heavy atom. The second kappa shape index (κ2) is 4.31. The summed E-state index contributed by atoms with van der Waals surface area (Å²) in [5.74, 6) is 0. The number of nitrogens with one attached hydrogen (secondary N) is 1. The van der Waals surface area contributed by atoms with E-state index in [4.69, 9.17) is 0 Å². The first-order chi connectivity index (χ1) is 8.74. The smallest absolute Gasteiger partial charge is 0.265 e. The average Bonchev–Trinajstić information content (AvgIpc) is 2.97. The number of H-pyrrole nitrogens is 1. The zero-order chi connectivity index (χ0) is 12.5. The Labute approximate surface area is 108 Å². The minimum absolute atomic E-state index is 0.190. The molecule has 0 aromatic carbocycles. The van der Waals surface area contributed by atoms with Crippen molar-refractivity contribution in [3.8, 4) is 0 Å². The van der Waals surface area contributed by atoms with Gasteiger partial charge in [0, 0.05) is 4.88 Å². The molecule has 0 saturated carbocycles. The molecule has 0 bridgehead atoms. The van der Waals surface area contributed by atoms with E-state index in [1.54, 1.807) is 23.5 Å².